The average molecular weight is 423 g/mol. The van der Waals surface area contributed by atoms with Crippen molar-refractivity contribution in [2.75, 3.05) is 53.4 Å². The van der Waals surface area contributed by atoms with Gasteiger partial charge in [0.2, 0.25) is 0 Å². The first kappa shape index (κ1) is 26.0. The standard InChI is InChI=1S/C8H6O4.2C7H16N2/c9-7(10)5-3-1-2-4-6(5)8(11)12;2*1-4-9-6-5-8(3)7(9)2/h1-4H,(H,9,10)(H,11,12);2*7H,4-6H2,1-3H3. The molecule has 1 aromatic carbocycles. The molecular weight excluding hydrogens is 384 g/mol. The average Bonchev–Trinajstić information content (AvgIpc) is 3.23. The second kappa shape index (κ2) is 12.6. The van der Waals surface area contributed by atoms with E-state index < -0.39 is 11.9 Å². The van der Waals surface area contributed by atoms with Gasteiger partial charge in [0.1, 0.15) is 0 Å². The van der Waals surface area contributed by atoms with Crippen molar-refractivity contribution in [3.8, 4) is 0 Å². The van der Waals surface area contributed by atoms with Crippen molar-refractivity contribution >= 4 is 11.9 Å². The first-order chi connectivity index (χ1) is 14.1. The van der Waals surface area contributed by atoms with E-state index in [1.54, 1.807) is 0 Å². The van der Waals surface area contributed by atoms with Gasteiger partial charge in [-0.1, -0.05) is 26.0 Å². The van der Waals surface area contributed by atoms with Crippen LogP contribution in [0.5, 0.6) is 0 Å². The molecule has 8 nitrogen and oxygen atoms in total. The normalized spacial score (nSPS) is 22.7. The number of nitrogens with zero attached hydrogens (tertiary/aromatic N) is 4. The van der Waals surface area contributed by atoms with Crippen LogP contribution in [0.15, 0.2) is 24.3 Å². The largest absolute Gasteiger partial charge is 0.478 e. The lowest BCUT2D eigenvalue weighted by Crippen LogP contribution is -2.33. The summed E-state index contributed by atoms with van der Waals surface area (Å²) in [5.74, 6) is -2.46. The topological polar surface area (TPSA) is 87.6 Å². The number of hydrogen-bond acceptors (Lipinski definition) is 6. The molecule has 1 aromatic rings. The number of benzene rings is 1. The highest BCUT2D eigenvalue weighted by Gasteiger charge is 2.23. The minimum Gasteiger partial charge on any atom is -0.478 e. The van der Waals surface area contributed by atoms with Crippen LogP contribution in [0, 0.1) is 0 Å². The third-order valence-corrected chi connectivity index (χ3v) is 6.01. The Morgan fingerprint density at radius 2 is 1.13 bits per heavy atom. The van der Waals surface area contributed by atoms with Gasteiger partial charge in [0.25, 0.3) is 0 Å². The number of carboxylic acids is 2. The number of carbonyl (C=O) groups is 2. The maximum absolute atomic E-state index is 10.5. The highest BCUT2D eigenvalue weighted by atomic mass is 16.4. The molecule has 2 saturated heterocycles. The Kier molecular flexibility index (Phi) is 11.0. The van der Waals surface area contributed by atoms with Crippen molar-refractivity contribution in [2.45, 2.75) is 40.0 Å². The molecule has 0 aromatic heterocycles. The molecule has 2 N–H and O–H groups in total. The number of carboxylic acid groups (broad SMARTS) is 2. The molecule has 2 unspecified atom stereocenters. The summed E-state index contributed by atoms with van der Waals surface area (Å²) in [6.45, 7) is 16.3. The van der Waals surface area contributed by atoms with Gasteiger partial charge < -0.3 is 10.2 Å². The summed E-state index contributed by atoms with van der Waals surface area (Å²) in [5, 5.41) is 17.1. The zero-order valence-electron chi connectivity index (χ0n) is 19.2. The van der Waals surface area contributed by atoms with Gasteiger partial charge >= 0.3 is 11.9 Å². The fraction of sp³-hybridized carbons (Fsp3) is 0.636. The third kappa shape index (κ3) is 7.36. The Morgan fingerprint density at radius 3 is 1.30 bits per heavy atom. The van der Waals surface area contributed by atoms with Crippen molar-refractivity contribution in [3.05, 3.63) is 35.4 Å². The molecule has 170 valence electrons. The lowest BCUT2D eigenvalue weighted by molar-refractivity contribution is 0.0651. The second-order valence-electron chi connectivity index (χ2n) is 7.64. The lowest BCUT2D eigenvalue weighted by atomic mass is 10.1. The molecule has 2 heterocycles. The highest BCUT2D eigenvalue weighted by Crippen LogP contribution is 2.10. The number of aromatic carboxylic acids is 2. The maximum Gasteiger partial charge on any atom is 0.336 e. The number of likely N-dealkylation sites (N-methyl/N-ethyl adjacent to an activating group) is 4. The molecule has 3 rings (SSSR count). The van der Waals surface area contributed by atoms with E-state index in [0.717, 1.165) is 0 Å². The minimum atomic E-state index is -1.23. The van der Waals surface area contributed by atoms with Crippen molar-refractivity contribution in [1.82, 2.24) is 19.6 Å². The molecule has 0 bridgehead atoms. The molecule has 2 atom stereocenters. The van der Waals surface area contributed by atoms with Crippen molar-refractivity contribution < 1.29 is 19.8 Å². The first-order valence-corrected chi connectivity index (χ1v) is 10.6. The van der Waals surface area contributed by atoms with Gasteiger partial charge in [-0.3, -0.25) is 19.6 Å². The lowest BCUT2D eigenvalue weighted by Gasteiger charge is -2.22. The number of hydrogen-bond donors (Lipinski definition) is 2. The van der Waals surface area contributed by atoms with Crippen molar-refractivity contribution in [2.24, 2.45) is 0 Å². The van der Waals surface area contributed by atoms with Gasteiger partial charge in [-0.25, -0.2) is 9.59 Å². The highest BCUT2D eigenvalue weighted by molar-refractivity contribution is 6.01. The molecule has 2 aliphatic heterocycles. The third-order valence-electron chi connectivity index (χ3n) is 6.01. The smallest absolute Gasteiger partial charge is 0.336 e. The zero-order chi connectivity index (χ0) is 22.8. The van der Waals surface area contributed by atoms with Gasteiger partial charge in [0, 0.05) is 26.2 Å². The second-order valence-corrected chi connectivity index (χ2v) is 7.64. The van der Waals surface area contributed by atoms with Crippen LogP contribution in [0.4, 0.5) is 0 Å². The van der Waals surface area contributed by atoms with Crippen LogP contribution < -0.4 is 0 Å². The molecule has 0 saturated carbocycles. The van der Waals surface area contributed by atoms with Crippen molar-refractivity contribution in [3.63, 3.8) is 0 Å². The fourth-order valence-corrected chi connectivity index (χ4v) is 3.58. The van der Waals surface area contributed by atoms with Gasteiger partial charge in [-0.2, -0.15) is 0 Å². The zero-order valence-corrected chi connectivity index (χ0v) is 19.2. The molecule has 8 heteroatoms. The first-order valence-electron chi connectivity index (χ1n) is 10.6. The Morgan fingerprint density at radius 1 is 0.800 bits per heavy atom. The van der Waals surface area contributed by atoms with Crippen molar-refractivity contribution in [1.29, 1.82) is 0 Å². The van der Waals surface area contributed by atoms with Gasteiger partial charge in [0.05, 0.1) is 23.5 Å². The van der Waals surface area contributed by atoms with Crippen LogP contribution in [0.2, 0.25) is 0 Å². The van der Waals surface area contributed by atoms with Crippen LogP contribution in [-0.2, 0) is 0 Å². The predicted octanol–water partition coefficient (Wildman–Crippen LogP) is 2.28. The van der Waals surface area contributed by atoms with Crippen LogP contribution in [-0.4, -0.2) is 107 Å². The van der Waals surface area contributed by atoms with Crippen LogP contribution in [0.3, 0.4) is 0 Å². The molecule has 0 amide bonds. The summed E-state index contributed by atoms with van der Waals surface area (Å²) in [7, 11) is 4.36. The molecule has 2 aliphatic rings. The Hall–Kier alpha value is -2.00. The molecular formula is C22H38N4O4. The summed E-state index contributed by atoms with van der Waals surface area (Å²) in [6, 6.07) is 5.48. The number of rotatable bonds is 4. The van der Waals surface area contributed by atoms with E-state index in [1.165, 1.54) is 63.5 Å². The van der Waals surface area contributed by atoms with E-state index >= 15 is 0 Å². The van der Waals surface area contributed by atoms with E-state index in [-0.39, 0.29) is 11.1 Å². The van der Waals surface area contributed by atoms with Gasteiger partial charge in [0.15, 0.2) is 0 Å². The molecule has 0 aliphatic carbocycles. The molecule has 2 fully saturated rings. The Labute approximate surface area is 180 Å². The molecule has 30 heavy (non-hydrogen) atoms. The van der Waals surface area contributed by atoms with E-state index in [4.69, 9.17) is 10.2 Å². The van der Waals surface area contributed by atoms with Gasteiger partial charge in [-0.15, -0.1) is 0 Å². The molecule has 0 radical (unpaired) electrons. The summed E-state index contributed by atoms with van der Waals surface area (Å²) in [6.07, 6.45) is 1.32. The van der Waals surface area contributed by atoms with E-state index in [2.05, 4.69) is 61.4 Å². The Balaban J connectivity index is 0.000000229. The Bertz CT molecular complexity index is 628. The fourth-order valence-electron chi connectivity index (χ4n) is 3.58. The van der Waals surface area contributed by atoms with Crippen LogP contribution >= 0.6 is 0 Å². The van der Waals surface area contributed by atoms with Crippen LogP contribution in [0.1, 0.15) is 48.4 Å². The maximum atomic E-state index is 10.5. The summed E-state index contributed by atoms with van der Waals surface area (Å²) >= 11 is 0. The summed E-state index contributed by atoms with van der Waals surface area (Å²) in [4.78, 5) is 30.6. The minimum absolute atomic E-state index is 0.190. The van der Waals surface area contributed by atoms with Crippen LogP contribution in [0.25, 0.3) is 0 Å². The SMILES string of the molecule is CCN1CCN(C)C1C.CCN1CCN(C)C1C.O=C(O)c1ccccc1C(=O)O. The molecule has 0 spiro atoms. The predicted molar refractivity (Wildman–Crippen MR) is 119 cm³/mol. The monoisotopic (exact) mass is 422 g/mol. The van der Waals surface area contributed by atoms with E-state index in [9.17, 15) is 9.59 Å². The summed E-state index contributed by atoms with van der Waals surface area (Å²) in [5.41, 5.74) is -0.380. The van der Waals surface area contributed by atoms with E-state index in [1.807, 2.05) is 0 Å². The summed E-state index contributed by atoms with van der Waals surface area (Å²) < 4.78 is 0. The van der Waals surface area contributed by atoms with Gasteiger partial charge in [-0.05, 0) is 53.2 Å². The quantitative estimate of drug-likeness (QED) is 0.764. The van der Waals surface area contributed by atoms with E-state index in [0.29, 0.717) is 12.3 Å².